The Morgan fingerprint density at radius 1 is 1.42 bits per heavy atom. The summed E-state index contributed by atoms with van der Waals surface area (Å²) in [5.41, 5.74) is -0.278. The van der Waals surface area contributed by atoms with Crippen molar-refractivity contribution in [3.63, 3.8) is 0 Å². The zero-order chi connectivity index (χ0) is 13.7. The minimum absolute atomic E-state index is 0.278. The third-order valence-corrected chi connectivity index (χ3v) is 3.98. The minimum atomic E-state index is -0.278. The number of aromatic nitrogens is 2. The van der Waals surface area contributed by atoms with Crippen molar-refractivity contribution in [2.45, 2.75) is 64.0 Å². The number of nitrogens with zero attached hydrogens (tertiary/aromatic N) is 2. The van der Waals surface area contributed by atoms with Crippen LogP contribution >= 0.6 is 0 Å². The summed E-state index contributed by atoms with van der Waals surface area (Å²) in [4.78, 5) is 4.54. The molecule has 19 heavy (non-hydrogen) atoms. The molecule has 5 nitrogen and oxygen atoms in total. The molecule has 1 aliphatic carbocycles. The van der Waals surface area contributed by atoms with Crippen molar-refractivity contribution in [3.8, 4) is 0 Å². The van der Waals surface area contributed by atoms with E-state index >= 15 is 0 Å². The average Bonchev–Trinajstić information content (AvgIpc) is 2.78. The van der Waals surface area contributed by atoms with Gasteiger partial charge in [-0.3, -0.25) is 0 Å². The van der Waals surface area contributed by atoms with E-state index in [-0.39, 0.29) is 5.60 Å². The second-order valence-electron chi connectivity index (χ2n) is 5.31. The van der Waals surface area contributed by atoms with E-state index in [0.717, 1.165) is 50.4 Å². The fourth-order valence-electron chi connectivity index (χ4n) is 2.66. The maximum Gasteiger partial charge on any atom is 0.228 e. The first kappa shape index (κ1) is 14.5. The molecule has 0 spiro atoms. The molecule has 1 aromatic heterocycles. The van der Waals surface area contributed by atoms with Crippen LogP contribution in [0.3, 0.4) is 0 Å². The highest BCUT2D eigenvalue weighted by molar-refractivity contribution is 5.07. The summed E-state index contributed by atoms with van der Waals surface area (Å²) in [7, 11) is 1.73. The molecule has 1 N–H and O–H groups in total. The first-order valence-electron chi connectivity index (χ1n) is 7.35. The second-order valence-corrected chi connectivity index (χ2v) is 5.31. The molecule has 1 heterocycles. The highest BCUT2D eigenvalue weighted by Gasteiger charge is 2.43. The van der Waals surface area contributed by atoms with Crippen LogP contribution in [0.1, 0.15) is 57.7 Å². The quantitative estimate of drug-likeness (QED) is 0.783. The predicted molar refractivity (Wildman–Crippen MR) is 72.9 cm³/mol. The van der Waals surface area contributed by atoms with E-state index in [4.69, 9.17) is 9.26 Å². The monoisotopic (exact) mass is 267 g/mol. The van der Waals surface area contributed by atoms with E-state index in [9.17, 15) is 0 Å². The van der Waals surface area contributed by atoms with Crippen molar-refractivity contribution in [2.24, 2.45) is 0 Å². The second kappa shape index (κ2) is 6.48. The predicted octanol–water partition coefficient (Wildman–Crippen LogP) is 2.42. The summed E-state index contributed by atoms with van der Waals surface area (Å²) < 4.78 is 11.0. The maximum absolute atomic E-state index is 5.57. The standard InChI is InChI=1S/C14H25N3O2/c1-4-7-11(15-5-2)10-12-16-13(17-19-12)14(18-3)8-6-9-14/h11,15H,4-10H2,1-3H3. The Hall–Kier alpha value is -0.940. The van der Waals surface area contributed by atoms with Gasteiger partial charge in [0.25, 0.3) is 0 Å². The van der Waals surface area contributed by atoms with Crippen molar-refractivity contribution in [1.82, 2.24) is 15.5 Å². The molecule has 1 unspecified atom stereocenters. The zero-order valence-electron chi connectivity index (χ0n) is 12.2. The van der Waals surface area contributed by atoms with E-state index in [0.29, 0.717) is 6.04 Å². The van der Waals surface area contributed by atoms with Gasteiger partial charge in [-0.15, -0.1) is 0 Å². The van der Waals surface area contributed by atoms with Crippen molar-refractivity contribution in [1.29, 1.82) is 0 Å². The maximum atomic E-state index is 5.57. The zero-order valence-corrected chi connectivity index (χ0v) is 12.2. The lowest BCUT2D eigenvalue weighted by Crippen LogP contribution is -2.37. The van der Waals surface area contributed by atoms with E-state index < -0.39 is 0 Å². The molecule has 5 heteroatoms. The van der Waals surface area contributed by atoms with Gasteiger partial charge in [-0.25, -0.2) is 0 Å². The summed E-state index contributed by atoms with van der Waals surface area (Å²) in [5.74, 6) is 1.45. The molecule has 1 aromatic rings. The van der Waals surface area contributed by atoms with E-state index in [2.05, 4.69) is 29.3 Å². The van der Waals surface area contributed by atoms with E-state index in [1.165, 1.54) is 6.42 Å². The third-order valence-electron chi connectivity index (χ3n) is 3.98. The number of nitrogens with one attached hydrogen (secondary N) is 1. The lowest BCUT2D eigenvalue weighted by Gasteiger charge is -2.37. The van der Waals surface area contributed by atoms with Gasteiger partial charge in [0.05, 0.1) is 0 Å². The van der Waals surface area contributed by atoms with Gasteiger partial charge in [0.1, 0.15) is 5.60 Å². The molecular formula is C14H25N3O2. The van der Waals surface area contributed by atoms with Gasteiger partial charge in [0.2, 0.25) is 11.7 Å². The first-order chi connectivity index (χ1) is 9.24. The Morgan fingerprint density at radius 2 is 2.21 bits per heavy atom. The molecule has 0 saturated heterocycles. The van der Waals surface area contributed by atoms with Gasteiger partial charge < -0.3 is 14.6 Å². The summed E-state index contributed by atoms with van der Waals surface area (Å²) in [5, 5.41) is 7.58. The minimum Gasteiger partial charge on any atom is -0.370 e. The molecule has 0 radical (unpaired) electrons. The van der Waals surface area contributed by atoms with Crippen LogP contribution < -0.4 is 5.32 Å². The first-order valence-corrected chi connectivity index (χ1v) is 7.35. The lowest BCUT2D eigenvalue weighted by atomic mass is 9.79. The number of likely N-dealkylation sites (N-methyl/N-ethyl adjacent to an activating group) is 1. The van der Waals surface area contributed by atoms with Gasteiger partial charge >= 0.3 is 0 Å². The SMILES string of the molecule is CCCC(Cc1nc(C2(OC)CCC2)no1)NCC. The third kappa shape index (κ3) is 3.15. The molecule has 1 atom stereocenters. The Kier molecular flexibility index (Phi) is 4.93. The topological polar surface area (TPSA) is 60.2 Å². The molecule has 0 bridgehead atoms. The molecule has 1 aliphatic rings. The van der Waals surface area contributed by atoms with Crippen molar-refractivity contribution < 1.29 is 9.26 Å². The van der Waals surface area contributed by atoms with Crippen molar-refractivity contribution in [2.75, 3.05) is 13.7 Å². The fourth-order valence-corrected chi connectivity index (χ4v) is 2.66. The number of hydrogen-bond donors (Lipinski definition) is 1. The van der Waals surface area contributed by atoms with E-state index in [1.54, 1.807) is 7.11 Å². The highest BCUT2D eigenvalue weighted by Crippen LogP contribution is 2.42. The Bertz CT molecular complexity index is 376. The van der Waals surface area contributed by atoms with Crippen LogP contribution in [0.25, 0.3) is 0 Å². The van der Waals surface area contributed by atoms with Gasteiger partial charge in [0, 0.05) is 19.6 Å². The molecule has 0 amide bonds. The van der Waals surface area contributed by atoms with Crippen LogP contribution in [0.2, 0.25) is 0 Å². The number of methoxy groups -OCH3 is 1. The fraction of sp³-hybridized carbons (Fsp3) is 0.857. The van der Waals surface area contributed by atoms with Crippen LogP contribution in [0.4, 0.5) is 0 Å². The van der Waals surface area contributed by atoms with Gasteiger partial charge in [-0.05, 0) is 32.2 Å². The van der Waals surface area contributed by atoms with Crippen LogP contribution in [0.5, 0.6) is 0 Å². The average molecular weight is 267 g/mol. The summed E-state index contributed by atoms with van der Waals surface area (Å²) >= 11 is 0. The molecule has 0 aliphatic heterocycles. The summed E-state index contributed by atoms with van der Waals surface area (Å²) in [6, 6.07) is 0.420. The highest BCUT2D eigenvalue weighted by atomic mass is 16.5. The smallest absolute Gasteiger partial charge is 0.228 e. The Labute approximate surface area is 115 Å². The summed E-state index contributed by atoms with van der Waals surface area (Å²) in [6.45, 7) is 5.28. The molecule has 1 fully saturated rings. The number of hydrogen-bond acceptors (Lipinski definition) is 5. The molecule has 2 rings (SSSR count). The number of ether oxygens (including phenoxy) is 1. The van der Waals surface area contributed by atoms with Crippen molar-refractivity contribution >= 4 is 0 Å². The molecule has 0 aromatic carbocycles. The van der Waals surface area contributed by atoms with Crippen LogP contribution in [0, 0.1) is 0 Å². The van der Waals surface area contributed by atoms with Crippen molar-refractivity contribution in [3.05, 3.63) is 11.7 Å². The normalized spacial score (nSPS) is 19.1. The van der Waals surface area contributed by atoms with Gasteiger partial charge in [0.15, 0.2) is 0 Å². The lowest BCUT2D eigenvalue weighted by molar-refractivity contribution is -0.0858. The summed E-state index contributed by atoms with van der Waals surface area (Å²) in [6.07, 6.45) is 6.24. The van der Waals surface area contributed by atoms with Crippen LogP contribution in [-0.4, -0.2) is 29.8 Å². The Balaban J connectivity index is 2.00. The van der Waals surface area contributed by atoms with Gasteiger partial charge in [-0.1, -0.05) is 25.4 Å². The van der Waals surface area contributed by atoms with Crippen LogP contribution in [0.15, 0.2) is 4.52 Å². The van der Waals surface area contributed by atoms with Crippen LogP contribution in [-0.2, 0) is 16.8 Å². The van der Waals surface area contributed by atoms with Gasteiger partial charge in [-0.2, -0.15) is 4.98 Å². The molecule has 108 valence electrons. The molecular weight excluding hydrogens is 242 g/mol. The molecule has 1 saturated carbocycles. The largest absolute Gasteiger partial charge is 0.370 e. The number of rotatable bonds is 8. The van der Waals surface area contributed by atoms with E-state index in [1.807, 2.05) is 0 Å². The Morgan fingerprint density at radius 3 is 2.74 bits per heavy atom.